The number of fused-ring (bicyclic) bond motifs is 3. The summed E-state index contributed by atoms with van der Waals surface area (Å²) in [6.07, 6.45) is 4.04. The van der Waals surface area contributed by atoms with Crippen molar-refractivity contribution >= 4 is 11.7 Å². The van der Waals surface area contributed by atoms with Crippen molar-refractivity contribution < 1.29 is 9.90 Å². The van der Waals surface area contributed by atoms with Crippen LogP contribution in [-0.2, 0) is 0 Å². The molecule has 4 rings (SSSR count). The van der Waals surface area contributed by atoms with Crippen molar-refractivity contribution in [2.45, 2.75) is 18.9 Å². The van der Waals surface area contributed by atoms with Crippen LogP contribution in [0, 0.1) is 5.92 Å². The summed E-state index contributed by atoms with van der Waals surface area (Å²) < 4.78 is 0. The maximum Gasteiger partial charge on any atom is 0.354 e. The molecular weight excluding hydrogens is 230 g/mol. The average Bonchev–Trinajstić information content (AvgIpc) is 2.40. The van der Waals surface area contributed by atoms with Crippen molar-refractivity contribution in [3.63, 3.8) is 0 Å². The van der Waals surface area contributed by atoms with E-state index >= 15 is 0 Å². The third-order valence-electron chi connectivity index (χ3n) is 3.99. The SMILES string of the molecule is O=C(O)c1cc(NC2CN3CCC2CC3)ccn1. The zero-order chi connectivity index (χ0) is 12.5. The number of nitrogens with one attached hydrogen (secondary N) is 1. The van der Waals surface area contributed by atoms with Crippen molar-refractivity contribution in [2.75, 3.05) is 25.0 Å². The molecule has 0 aliphatic carbocycles. The van der Waals surface area contributed by atoms with Crippen LogP contribution in [0.25, 0.3) is 0 Å². The van der Waals surface area contributed by atoms with E-state index in [9.17, 15) is 4.79 Å². The quantitative estimate of drug-likeness (QED) is 0.842. The number of pyridine rings is 1. The highest BCUT2D eigenvalue weighted by Gasteiger charge is 2.33. The average molecular weight is 247 g/mol. The Morgan fingerprint density at radius 3 is 2.83 bits per heavy atom. The lowest BCUT2D eigenvalue weighted by atomic mass is 9.84. The van der Waals surface area contributed by atoms with E-state index in [1.807, 2.05) is 6.07 Å². The number of hydrogen-bond donors (Lipinski definition) is 2. The summed E-state index contributed by atoms with van der Waals surface area (Å²) in [5, 5.41) is 12.4. The Balaban J connectivity index is 1.72. The van der Waals surface area contributed by atoms with Gasteiger partial charge >= 0.3 is 5.97 Å². The fraction of sp³-hybridized carbons (Fsp3) is 0.538. The molecule has 0 radical (unpaired) electrons. The molecule has 0 aromatic carbocycles. The van der Waals surface area contributed by atoms with E-state index in [-0.39, 0.29) is 5.69 Å². The molecule has 3 saturated heterocycles. The Hall–Kier alpha value is -1.62. The summed E-state index contributed by atoms with van der Waals surface area (Å²) in [5.74, 6) is -0.260. The lowest BCUT2D eigenvalue weighted by Crippen LogP contribution is -2.53. The Morgan fingerprint density at radius 1 is 1.44 bits per heavy atom. The first kappa shape index (κ1) is 11.5. The van der Waals surface area contributed by atoms with Gasteiger partial charge in [0.05, 0.1) is 0 Å². The van der Waals surface area contributed by atoms with Gasteiger partial charge in [-0.1, -0.05) is 0 Å². The Bertz CT molecular complexity index is 455. The molecule has 3 fully saturated rings. The van der Waals surface area contributed by atoms with Gasteiger partial charge in [-0.15, -0.1) is 0 Å². The molecule has 18 heavy (non-hydrogen) atoms. The van der Waals surface area contributed by atoms with E-state index in [0.717, 1.165) is 18.2 Å². The molecule has 3 aliphatic heterocycles. The zero-order valence-electron chi connectivity index (χ0n) is 10.2. The fourth-order valence-electron chi connectivity index (χ4n) is 2.98. The fourth-order valence-corrected chi connectivity index (χ4v) is 2.98. The predicted octanol–water partition coefficient (Wildman–Crippen LogP) is 1.29. The Kier molecular flexibility index (Phi) is 2.91. The van der Waals surface area contributed by atoms with Crippen LogP contribution in [-0.4, -0.2) is 46.6 Å². The number of aromatic carboxylic acids is 1. The number of piperidine rings is 3. The van der Waals surface area contributed by atoms with E-state index in [1.165, 1.54) is 25.9 Å². The minimum atomic E-state index is -0.979. The van der Waals surface area contributed by atoms with Crippen LogP contribution in [0.1, 0.15) is 23.3 Å². The summed E-state index contributed by atoms with van der Waals surface area (Å²) >= 11 is 0. The predicted molar refractivity (Wildman–Crippen MR) is 67.8 cm³/mol. The first-order valence-corrected chi connectivity index (χ1v) is 6.40. The topological polar surface area (TPSA) is 65.5 Å². The van der Waals surface area contributed by atoms with Gasteiger partial charge in [-0.05, 0) is 44.0 Å². The molecule has 1 aromatic rings. The lowest BCUT2D eigenvalue weighted by Gasteiger charge is -2.45. The van der Waals surface area contributed by atoms with Gasteiger partial charge in [0, 0.05) is 24.5 Å². The maximum absolute atomic E-state index is 10.9. The third kappa shape index (κ3) is 2.18. The Morgan fingerprint density at radius 2 is 2.22 bits per heavy atom. The highest BCUT2D eigenvalue weighted by molar-refractivity contribution is 5.86. The molecule has 96 valence electrons. The second-order valence-electron chi connectivity index (χ2n) is 5.12. The Labute approximate surface area is 106 Å². The normalized spacial score (nSPS) is 30.1. The molecule has 5 nitrogen and oxygen atoms in total. The van der Waals surface area contributed by atoms with Crippen LogP contribution in [0.15, 0.2) is 18.3 Å². The van der Waals surface area contributed by atoms with Gasteiger partial charge in [0.2, 0.25) is 0 Å². The molecule has 1 atom stereocenters. The molecule has 2 bridgehead atoms. The van der Waals surface area contributed by atoms with E-state index in [0.29, 0.717) is 6.04 Å². The number of anilines is 1. The summed E-state index contributed by atoms with van der Waals surface area (Å²) in [6, 6.07) is 3.89. The van der Waals surface area contributed by atoms with Crippen molar-refractivity contribution in [3.05, 3.63) is 24.0 Å². The van der Waals surface area contributed by atoms with Crippen LogP contribution >= 0.6 is 0 Å². The molecule has 1 aromatic heterocycles. The van der Waals surface area contributed by atoms with E-state index in [4.69, 9.17) is 5.11 Å². The number of rotatable bonds is 3. The highest BCUT2D eigenvalue weighted by Crippen LogP contribution is 2.29. The number of carbonyl (C=O) groups is 1. The number of nitrogens with zero attached hydrogens (tertiary/aromatic N) is 2. The number of hydrogen-bond acceptors (Lipinski definition) is 4. The van der Waals surface area contributed by atoms with Crippen LogP contribution < -0.4 is 5.32 Å². The summed E-state index contributed by atoms with van der Waals surface area (Å²) in [7, 11) is 0. The largest absolute Gasteiger partial charge is 0.477 e. The smallest absolute Gasteiger partial charge is 0.354 e. The highest BCUT2D eigenvalue weighted by atomic mass is 16.4. The number of aromatic nitrogens is 1. The van der Waals surface area contributed by atoms with Gasteiger partial charge in [0.1, 0.15) is 5.69 Å². The van der Waals surface area contributed by atoms with E-state index in [2.05, 4.69) is 15.2 Å². The minimum absolute atomic E-state index is 0.0984. The van der Waals surface area contributed by atoms with E-state index in [1.54, 1.807) is 12.3 Å². The molecule has 0 saturated carbocycles. The second kappa shape index (κ2) is 4.57. The van der Waals surface area contributed by atoms with Gasteiger partial charge in [-0.3, -0.25) is 0 Å². The maximum atomic E-state index is 10.9. The minimum Gasteiger partial charge on any atom is -0.477 e. The van der Waals surface area contributed by atoms with Crippen LogP contribution in [0.3, 0.4) is 0 Å². The molecule has 4 heterocycles. The van der Waals surface area contributed by atoms with Gasteiger partial charge < -0.3 is 15.3 Å². The van der Waals surface area contributed by atoms with Crippen molar-refractivity contribution in [3.8, 4) is 0 Å². The standard InChI is InChI=1S/C13H17N3O2/c17-13(18)11-7-10(1-4-14-11)15-12-8-16-5-2-9(12)3-6-16/h1,4,7,9,12H,2-3,5-6,8H2,(H,14,15)(H,17,18). The van der Waals surface area contributed by atoms with Gasteiger partial charge in [0.15, 0.2) is 0 Å². The molecular formula is C13H17N3O2. The first-order valence-electron chi connectivity index (χ1n) is 6.40. The molecule has 0 amide bonds. The van der Waals surface area contributed by atoms with Gasteiger partial charge in [-0.2, -0.15) is 0 Å². The molecule has 3 aliphatic rings. The van der Waals surface area contributed by atoms with Gasteiger partial charge in [-0.25, -0.2) is 9.78 Å². The summed E-state index contributed by atoms with van der Waals surface area (Å²) in [4.78, 5) is 17.2. The van der Waals surface area contributed by atoms with Crippen molar-refractivity contribution in [1.82, 2.24) is 9.88 Å². The molecule has 2 N–H and O–H groups in total. The number of carboxylic acid groups (broad SMARTS) is 1. The molecule has 1 unspecified atom stereocenters. The van der Waals surface area contributed by atoms with E-state index < -0.39 is 5.97 Å². The third-order valence-corrected chi connectivity index (χ3v) is 3.99. The molecule has 5 heteroatoms. The summed E-state index contributed by atoms with van der Waals surface area (Å²) in [6.45, 7) is 3.48. The van der Waals surface area contributed by atoms with Crippen LogP contribution in [0.5, 0.6) is 0 Å². The monoisotopic (exact) mass is 247 g/mol. The molecule has 0 spiro atoms. The second-order valence-corrected chi connectivity index (χ2v) is 5.12. The van der Waals surface area contributed by atoms with Gasteiger partial charge in [0.25, 0.3) is 0 Å². The van der Waals surface area contributed by atoms with Crippen LogP contribution in [0.2, 0.25) is 0 Å². The first-order chi connectivity index (χ1) is 8.72. The lowest BCUT2D eigenvalue weighted by molar-refractivity contribution is 0.0690. The summed E-state index contributed by atoms with van der Waals surface area (Å²) in [5.41, 5.74) is 0.961. The van der Waals surface area contributed by atoms with Crippen LogP contribution in [0.4, 0.5) is 5.69 Å². The number of carboxylic acids is 1. The van der Waals surface area contributed by atoms with Crippen molar-refractivity contribution in [2.24, 2.45) is 5.92 Å². The van der Waals surface area contributed by atoms with Crippen molar-refractivity contribution in [1.29, 1.82) is 0 Å². The zero-order valence-corrected chi connectivity index (χ0v) is 10.2.